The van der Waals surface area contributed by atoms with Crippen molar-refractivity contribution in [1.82, 2.24) is 14.9 Å². The van der Waals surface area contributed by atoms with E-state index in [1.54, 1.807) is 12.3 Å². The summed E-state index contributed by atoms with van der Waals surface area (Å²) in [4.78, 5) is 16.7. The van der Waals surface area contributed by atoms with Crippen LogP contribution in [0.25, 0.3) is 11.3 Å². The topological polar surface area (TPSA) is 115 Å². The Bertz CT molecular complexity index is 1270. The Labute approximate surface area is 203 Å². The van der Waals surface area contributed by atoms with Crippen molar-refractivity contribution in [2.75, 3.05) is 18.9 Å². The van der Waals surface area contributed by atoms with Crippen molar-refractivity contribution in [3.63, 3.8) is 0 Å². The van der Waals surface area contributed by atoms with Gasteiger partial charge in [-0.1, -0.05) is 30.3 Å². The second-order valence-corrected chi connectivity index (χ2v) is 7.83. The number of para-hydroxylation sites is 1. The Balaban J connectivity index is 1.24. The summed E-state index contributed by atoms with van der Waals surface area (Å²) >= 11 is 0. The molecule has 4 aromatic rings. The molecule has 1 amide bonds. The molecule has 0 saturated carbocycles. The van der Waals surface area contributed by atoms with E-state index in [4.69, 9.17) is 20.6 Å². The molecule has 178 valence electrons. The Morgan fingerprint density at radius 1 is 1.03 bits per heavy atom. The third-order valence-corrected chi connectivity index (χ3v) is 5.29. The molecule has 1 aromatic heterocycles. The summed E-state index contributed by atoms with van der Waals surface area (Å²) in [5.41, 5.74) is 9.65. The predicted molar refractivity (Wildman–Crippen MR) is 136 cm³/mol. The van der Waals surface area contributed by atoms with Crippen molar-refractivity contribution in [1.29, 1.82) is 5.41 Å². The van der Waals surface area contributed by atoms with Gasteiger partial charge in [0.15, 0.2) is 0 Å². The average molecular weight is 470 g/mol. The number of nitrogens with two attached hydrogens (primary N) is 1. The number of imidazole rings is 1. The fraction of sp³-hybridized carbons (Fsp3) is 0.148. The number of hydrogen-bond acceptors (Lipinski definition) is 6. The maximum absolute atomic E-state index is 12.4. The van der Waals surface area contributed by atoms with E-state index in [0.29, 0.717) is 48.9 Å². The van der Waals surface area contributed by atoms with Crippen LogP contribution < -0.4 is 20.5 Å². The summed E-state index contributed by atoms with van der Waals surface area (Å²) in [7, 11) is 0. The number of carbonyl (C=O) groups is 1. The predicted octanol–water partition coefficient (Wildman–Crippen LogP) is 4.74. The molecule has 0 atom stereocenters. The smallest absolute Gasteiger partial charge is 0.326 e. The summed E-state index contributed by atoms with van der Waals surface area (Å²) in [5, 5.41) is 10.2. The first kappa shape index (κ1) is 23.6. The minimum Gasteiger partial charge on any atom is -0.494 e. The van der Waals surface area contributed by atoms with Gasteiger partial charge in [-0.15, -0.1) is 0 Å². The van der Waals surface area contributed by atoms with Crippen LogP contribution in [-0.4, -0.2) is 34.9 Å². The molecule has 4 N–H and O–H groups in total. The first-order chi connectivity index (χ1) is 17.1. The third kappa shape index (κ3) is 6.48. The van der Waals surface area contributed by atoms with E-state index >= 15 is 0 Å². The Hall–Kier alpha value is -4.59. The number of ether oxygens (including phenoxy) is 2. The Morgan fingerprint density at radius 2 is 1.80 bits per heavy atom. The van der Waals surface area contributed by atoms with Gasteiger partial charge in [0.1, 0.15) is 24.4 Å². The number of carbonyl (C=O) groups excluding carboxylic acids is 1. The summed E-state index contributed by atoms with van der Waals surface area (Å²) in [6, 6.07) is 22.3. The van der Waals surface area contributed by atoms with Crippen LogP contribution in [-0.2, 0) is 6.61 Å². The van der Waals surface area contributed by atoms with Gasteiger partial charge in [0.05, 0.1) is 12.3 Å². The molecule has 4 rings (SSSR count). The molecular weight excluding hydrogens is 442 g/mol. The fourth-order valence-corrected chi connectivity index (χ4v) is 3.38. The van der Waals surface area contributed by atoms with Crippen molar-refractivity contribution < 1.29 is 14.3 Å². The Kier molecular flexibility index (Phi) is 7.75. The lowest BCUT2D eigenvalue weighted by atomic mass is 10.1. The van der Waals surface area contributed by atoms with Crippen LogP contribution in [0.5, 0.6) is 11.5 Å². The molecule has 0 fully saturated rings. The van der Waals surface area contributed by atoms with Crippen LogP contribution in [0.15, 0.2) is 85.3 Å². The lowest BCUT2D eigenvalue weighted by Gasteiger charge is -2.08. The van der Waals surface area contributed by atoms with Gasteiger partial charge in [0.25, 0.3) is 0 Å². The maximum Gasteiger partial charge on any atom is 0.326 e. The first-order valence-electron chi connectivity index (χ1n) is 11.2. The largest absolute Gasteiger partial charge is 0.494 e. The van der Waals surface area contributed by atoms with Crippen molar-refractivity contribution in [2.45, 2.75) is 13.0 Å². The number of hydrogen-bond donors (Lipinski definition) is 3. The normalized spacial score (nSPS) is 10.5. The van der Waals surface area contributed by atoms with E-state index in [-0.39, 0.29) is 6.03 Å². The number of benzene rings is 3. The molecule has 8 nitrogen and oxygen atoms in total. The second kappa shape index (κ2) is 11.5. The Morgan fingerprint density at radius 3 is 2.54 bits per heavy atom. The monoisotopic (exact) mass is 469 g/mol. The molecule has 35 heavy (non-hydrogen) atoms. The number of rotatable bonds is 10. The van der Waals surface area contributed by atoms with Gasteiger partial charge in [-0.2, -0.15) is 0 Å². The molecule has 0 unspecified atom stereocenters. The molecule has 0 radical (unpaired) electrons. The lowest BCUT2D eigenvalue weighted by molar-refractivity contribution is 0.240. The van der Waals surface area contributed by atoms with Crippen LogP contribution >= 0.6 is 0 Å². The maximum atomic E-state index is 12.4. The van der Waals surface area contributed by atoms with Gasteiger partial charge >= 0.3 is 6.03 Å². The zero-order valence-corrected chi connectivity index (χ0v) is 19.2. The van der Waals surface area contributed by atoms with Crippen molar-refractivity contribution in [2.24, 2.45) is 0 Å². The number of nitrogen functional groups attached to an aromatic ring is 1. The minimum atomic E-state index is -0.239. The van der Waals surface area contributed by atoms with Crippen LogP contribution in [0.2, 0.25) is 0 Å². The third-order valence-electron chi connectivity index (χ3n) is 5.29. The molecule has 0 spiro atoms. The van der Waals surface area contributed by atoms with E-state index < -0.39 is 0 Å². The lowest BCUT2D eigenvalue weighted by Crippen LogP contribution is -2.29. The minimum absolute atomic E-state index is 0.239. The molecule has 0 aliphatic rings. The highest BCUT2D eigenvalue weighted by molar-refractivity contribution is 5.84. The molecule has 3 aromatic carbocycles. The zero-order valence-electron chi connectivity index (χ0n) is 19.2. The number of aromatic nitrogens is 2. The number of nitrogens with zero attached hydrogens (tertiary/aromatic N) is 2. The fourth-order valence-electron chi connectivity index (χ4n) is 3.38. The molecule has 0 aliphatic carbocycles. The van der Waals surface area contributed by atoms with Crippen molar-refractivity contribution in [3.8, 4) is 22.8 Å². The second-order valence-electron chi connectivity index (χ2n) is 7.83. The van der Waals surface area contributed by atoms with Gasteiger partial charge in [0, 0.05) is 35.8 Å². The van der Waals surface area contributed by atoms with Gasteiger partial charge in [-0.3, -0.25) is 4.57 Å². The molecule has 1 heterocycles. The zero-order chi connectivity index (χ0) is 24.5. The molecule has 0 saturated heterocycles. The van der Waals surface area contributed by atoms with Gasteiger partial charge in [0.2, 0.25) is 0 Å². The molecule has 0 bridgehead atoms. The summed E-state index contributed by atoms with van der Waals surface area (Å²) in [6.07, 6.45) is 5.12. The van der Waals surface area contributed by atoms with Crippen LogP contribution in [0, 0.1) is 5.41 Å². The highest BCUT2D eigenvalue weighted by Gasteiger charge is 2.08. The summed E-state index contributed by atoms with van der Waals surface area (Å²) < 4.78 is 12.9. The van der Waals surface area contributed by atoms with E-state index in [9.17, 15) is 4.79 Å². The quantitative estimate of drug-likeness (QED) is 0.176. The van der Waals surface area contributed by atoms with Crippen LogP contribution in [0.4, 0.5) is 10.5 Å². The highest BCUT2D eigenvalue weighted by atomic mass is 16.5. The SMILES string of the molecule is N=Cc1ccc(COc2ccc(-c3cn(C(=O)NCCCOc4ccccc4)cn3)cc2)cc1N. The molecule has 8 heteroatoms. The summed E-state index contributed by atoms with van der Waals surface area (Å²) in [5.74, 6) is 1.52. The van der Waals surface area contributed by atoms with E-state index in [2.05, 4.69) is 10.3 Å². The van der Waals surface area contributed by atoms with Crippen molar-refractivity contribution in [3.05, 3.63) is 96.4 Å². The first-order valence-corrected chi connectivity index (χ1v) is 11.2. The summed E-state index contributed by atoms with van der Waals surface area (Å²) in [6.45, 7) is 1.39. The van der Waals surface area contributed by atoms with Crippen LogP contribution in [0.3, 0.4) is 0 Å². The van der Waals surface area contributed by atoms with Crippen LogP contribution in [0.1, 0.15) is 17.5 Å². The average Bonchev–Trinajstić information content (AvgIpc) is 3.39. The number of nitrogens with one attached hydrogen (secondary N) is 2. The molecule has 0 aliphatic heterocycles. The van der Waals surface area contributed by atoms with Gasteiger partial charge in [-0.05, 0) is 54.4 Å². The van der Waals surface area contributed by atoms with E-state index in [1.807, 2.05) is 66.7 Å². The number of amides is 1. The van der Waals surface area contributed by atoms with Gasteiger partial charge < -0.3 is 25.9 Å². The standard InChI is InChI=1S/C27H27N5O3/c28-16-22-8-7-20(15-25(22)29)18-35-24-11-9-21(10-12-24)26-17-32(19-31-26)27(33)30-13-4-14-34-23-5-2-1-3-6-23/h1-3,5-12,15-17,19,28H,4,13-14,18,29H2,(H,30,33). The molecular formula is C27H27N5O3. The van der Waals surface area contributed by atoms with Crippen molar-refractivity contribution >= 4 is 17.9 Å². The number of anilines is 1. The van der Waals surface area contributed by atoms with E-state index in [0.717, 1.165) is 16.9 Å². The van der Waals surface area contributed by atoms with E-state index in [1.165, 1.54) is 17.1 Å². The van der Waals surface area contributed by atoms with Gasteiger partial charge in [-0.25, -0.2) is 9.78 Å². The highest BCUT2D eigenvalue weighted by Crippen LogP contribution is 2.22.